The second-order valence-electron chi connectivity index (χ2n) is 3.62. The number of hydrogen-bond acceptors (Lipinski definition) is 4. The van der Waals surface area contributed by atoms with Crippen molar-refractivity contribution in [1.82, 2.24) is 0 Å². The zero-order chi connectivity index (χ0) is 12.7. The molecule has 0 bridgehead atoms. The van der Waals surface area contributed by atoms with E-state index >= 15 is 0 Å². The fourth-order valence-electron chi connectivity index (χ4n) is 1.36. The molecule has 0 aliphatic heterocycles. The second-order valence-corrected chi connectivity index (χ2v) is 6.10. The highest BCUT2D eigenvalue weighted by Gasteiger charge is 2.06. The Kier molecular flexibility index (Phi) is 5.28. The molecular weight excluding hydrogens is 238 g/mol. The zero-order valence-electron chi connectivity index (χ0n) is 10.3. The number of hydrogen-bond donors (Lipinski definition) is 1. The minimum atomic E-state index is -2.90. The predicted octanol–water partition coefficient (Wildman–Crippen LogP) is 1.93. The van der Waals surface area contributed by atoms with Crippen LogP contribution in [0.25, 0.3) is 0 Å². The van der Waals surface area contributed by atoms with Gasteiger partial charge in [-0.1, -0.05) is 13.0 Å². The average Bonchev–Trinajstić information content (AvgIpc) is 2.30. The molecule has 0 atom stereocenters. The summed E-state index contributed by atoms with van der Waals surface area (Å²) in [6, 6.07) is 7.50. The van der Waals surface area contributed by atoms with Crippen LogP contribution in [-0.4, -0.2) is 33.1 Å². The van der Waals surface area contributed by atoms with Gasteiger partial charge in [-0.3, -0.25) is 0 Å². The molecule has 0 spiro atoms. The van der Waals surface area contributed by atoms with E-state index in [2.05, 4.69) is 5.32 Å². The maximum absolute atomic E-state index is 11.3. The van der Waals surface area contributed by atoms with Crippen molar-refractivity contribution in [1.29, 1.82) is 0 Å². The monoisotopic (exact) mass is 257 g/mol. The number of sulfone groups is 1. The third kappa shape index (κ3) is 5.08. The van der Waals surface area contributed by atoms with Gasteiger partial charge in [-0.25, -0.2) is 8.42 Å². The summed E-state index contributed by atoms with van der Waals surface area (Å²) >= 11 is 0. The number of nitrogens with one attached hydrogen (secondary N) is 1. The first-order chi connectivity index (χ1) is 8.07. The number of anilines is 1. The van der Waals surface area contributed by atoms with Crippen molar-refractivity contribution in [2.75, 3.05) is 30.0 Å². The lowest BCUT2D eigenvalue weighted by atomic mass is 10.3. The van der Waals surface area contributed by atoms with Gasteiger partial charge in [0, 0.05) is 24.1 Å². The van der Waals surface area contributed by atoms with E-state index in [-0.39, 0.29) is 11.5 Å². The highest BCUT2D eigenvalue weighted by atomic mass is 32.2. The molecule has 4 nitrogen and oxygen atoms in total. The summed E-state index contributed by atoms with van der Waals surface area (Å²) in [5, 5.41) is 3.07. The van der Waals surface area contributed by atoms with E-state index in [0.717, 1.165) is 11.4 Å². The molecule has 0 saturated heterocycles. The van der Waals surface area contributed by atoms with E-state index in [0.29, 0.717) is 13.2 Å². The Morgan fingerprint density at radius 3 is 2.71 bits per heavy atom. The molecule has 1 N–H and O–H groups in total. The van der Waals surface area contributed by atoms with Crippen LogP contribution in [0, 0.1) is 0 Å². The van der Waals surface area contributed by atoms with Crippen molar-refractivity contribution in [3.05, 3.63) is 24.3 Å². The molecule has 96 valence electrons. The SMILES string of the molecule is CCOc1cccc(NCCS(=O)(=O)CC)c1. The molecule has 0 aliphatic carbocycles. The van der Waals surface area contributed by atoms with Crippen LogP contribution >= 0.6 is 0 Å². The van der Waals surface area contributed by atoms with Crippen molar-refractivity contribution >= 4 is 15.5 Å². The fraction of sp³-hybridized carbons (Fsp3) is 0.500. The summed E-state index contributed by atoms with van der Waals surface area (Å²) in [6.07, 6.45) is 0. The minimum Gasteiger partial charge on any atom is -0.494 e. The van der Waals surface area contributed by atoms with Crippen molar-refractivity contribution in [3.8, 4) is 5.75 Å². The molecule has 5 heteroatoms. The summed E-state index contributed by atoms with van der Waals surface area (Å²) in [6.45, 7) is 4.62. The number of benzene rings is 1. The van der Waals surface area contributed by atoms with Gasteiger partial charge in [-0.05, 0) is 19.1 Å². The Bertz CT molecular complexity index is 443. The molecule has 0 heterocycles. The zero-order valence-corrected chi connectivity index (χ0v) is 11.1. The molecule has 0 saturated carbocycles. The van der Waals surface area contributed by atoms with Gasteiger partial charge in [-0.2, -0.15) is 0 Å². The Labute approximate surface area is 103 Å². The van der Waals surface area contributed by atoms with E-state index < -0.39 is 9.84 Å². The lowest BCUT2D eigenvalue weighted by Crippen LogP contribution is -2.17. The van der Waals surface area contributed by atoms with Crippen molar-refractivity contribution < 1.29 is 13.2 Å². The van der Waals surface area contributed by atoms with Crippen molar-refractivity contribution in [2.24, 2.45) is 0 Å². The van der Waals surface area contributed by atoms with Crippen LogP contribution in [0.4, 0.5) is 5.69 Å². The van der Waals surface area contributed by atoms with E-state index in [1.54, 1.807) is 6.92 Å². The Balaban J connectivity index is 2.49. The molecule has 1 aromatic rings. The first-order valence-electron chi connectivity index (χ1n) is 5.74. The molecule has 0 unspecified atom stereocenters. The van der Waals surface area contributed by atoms with E-state index in [9.17, 15) is 8.42 Å². The van der Waals surface area contributed by atoms with Gasteiger partial charge in [0.2, 0.25) is 0 Å². The lowest BCUT2D eigenvalue weighted by molar-refractivity contribution is 0.340. The third-order valence-electron chi connectivity index (χ3n) is 2.33. The molecule has 0 fully saturated rings. The molecular formula is C12H19NO3S. The van der Waals surface area contributed by atoms with Gasteiger partial charge in [0.25, 0.3) is 0 Å². The third-order valence-corrected chi connectivity index (χ3v) is 4.03. The first kappa shape index (κ1) is 13.8. The highest BCUT2D eigenvalue weighted by Crippen LogP contribution is 2.16. The van der Waals surface area contributed by atoms with E-state index in [1.165, 1.54) is 0 Å². The van der Waals surface area contributed by atoms with Crippen LogP contribution in [0.5, 0.6) is 5.75 Å². The summed E-state index contributed by atoms with van der Waals surface area (Å²) in [4.78, 5) is 0. The fourth-order valence-corrected chi connectivity index (χ4v) is 2.06. The normalized spacial score (nSPS) is 11.2. The first-order valence-corrected chi connectivity index (χ1v) is 7.56. The van der Waals surface area contributed by atoms with Crippen LogP contribution in [0.3, 0.4) is 0 Å². The second kappa shape index (κ2) is 6.49. The maximum atomic E-state index is 11.3. The van der Waals surface area contributed by atoms with Crippen LogP contribution < -0.4 is 10.1 Å². The Morgan fingerprint density at radius 1 is 1.29 bits per heavy atom. The van der Waals surface area contributed by atoms with Gasteiger partial charge in [0.15, 0.2) is 9.84 Å². The smallest absolute Gasteiger partial charge is 0.151 e. The van der Waals surface area contributed by atoms with Crippen LogP contribution in [-0.2, 0) is 9.84 Å². The minimum absolute atomic E-state index is 0.155. The largest absolute Gasteiger partial charge is 0.494 e. The van der Waals surface area contributed by atoms with Gasteiger partial charge >= 0.3 is 0 Å². The predicted molar refractivity (Wildman–Crippen MR) is 70.4 cm³/mol. The van der Waals surface area contributed by atoms with Gasteiger partial charge in [0.05, 0.1) is 12.4 Å². The number of ether oxygens (including phenoxy) is 1. The topological polar surface area (TPSA) is 55.4 Å². The number of rotatable bonds is 7. The summed E-state index contributed by atoms with van der Waals surface area (Å²) in [7, 11) is -2.90. The standard InChI is InChI=1S/C12H19NO3S/c1-3-16-12-7-5-6-11(10-12)13-8-9-17(14,15)4-2/h5-7,10,13H,3-4,8-9H2,1-2H3. The molecule has 0 amide bonds. The van der Waals surface area contributed by atoms with Crippen LogP contribution in [0.1, 0.15) is 13.8 Å². The average molecular weight is 257 g/mol. The molecule has 1 aromatic carbocycles. The lowest BCUT2D eigenvalue weighted by Gasteiger charge is -2.08. The Morgan fingerprint density at radius 2 is 2.06 bits per heavy atom. The van der Waals surface area contributed by atoms with E-state index in [4.69, 9.17) is 4.74 Å². The summed E-state index contributed by atoms with van der Waals surface area (Å²) in [5.41, 5.74) is 0.877. The molecule has 0 radical (unpaired) electrons. The summed E-state index contributed by atoms with van der Waals surface area (Å²) < 4.78 is 27.9. The van der Waals surface area contributed by atoms with Gasteiger partial charge in [-0.15, -0.1) is 0 Å². The van der Waals surface area contributed by atoms with Gasteiger partial charge < -0.3 is 10.1 Å². The van der Waals surface area contributed by atoms with Crippen molar-refractivity contribution in [3.63, 3.8) is 0 Å². The van der Waals surface area contributed by atoms with Crippen LogP contribution in [0.15, 0.2) is 24.3 Å². The molecule has 0 aromatic heterocycles. The molecule has 0 aliphatic rings. The van der Waals surface area contributed by atoms with Crippen LogP contribution in [0.2, 0.25) is 0 Å². The van der Waals surface area contributed by atoms with Crippen molar-refractivity contribution in [2.45, 2.75) is 13.8 Å². The highest BCUT2D eigenvalue weighted by molar-refractivity contribution is 7.91. The molecule has 1 rings (SSSR count). The quantitative estimate of drug-likeness (QED) is 0.811. The summed E-state index contributed by atoms with van der Waals surface area (Å²) in [5.74, 6) is 1.13. The molecule has 17 heavy (non-hydrogen) atoms. The Hall–Kier alpha value is -1.23. The maximum Gasteiger partial charge on any atom is 0.151 e. The van der Waals surface area contributed by atoms with Gasteiger partial charge in [0.1, 0.15) is 5.75 Å². The van der Waals surface area contributed by atoms with E-state index in [1.807, 2.05) is 31.2 Å².